The van der Waals surface area contributed by atoms with Gasteiger partial charge in [-0.1, -0.05) is 17.7 Å². The summed E-state index contributed by atoms with van der Waals surface area (Å²) in [7, 11) is 0. The first-order chi connectivity index (χ1) is 7.06. The van der Waals surface area contributed by atoms with Crippen LogP contribution in [0.3, 0.4) is 0 Å². The molecule has 0 aliphatic carbocycles. The van der Waals surface area contributed by atoms with Crippen molar-refractivity contribution in [3.05, 3.63) is 48.5 Å². The molecule has 0 saturated carbocycles. The molecule has 0 radical (unpaired) electrons. The van der Waals surface area contributed by atoms with Crippen molar-refractivity contribution in [2.75, 3.05) is 0 Å². The topological polar surface area (TPSA) is 39.2 Å². The van der Waals surface area contributed by atoms with E-state index in [0.29, 0.717) is 0 Å². The van der Waals surface area contributed by atoms with Gasteiger partial charge in [-0.05, 0) is 32.4 Å². The molecule has 1 atom stereocenters. The molecule has 1 aromatic rings. The first kappa shape index (κ1) is 11.8. The van der Waals surface area contributed by atoms with Crippen LogP contribution in [-0.4, -0.2) is 5.54 Å². The van der Waals surface area contributed by atoms with Gasteiger partial charge in [0.25, 0.3) is 0 Å². The number of furan rings is 1. The smallest absolute Gasteiger partial charge is 0.107 e. The molecule has 0 amide bonds. The number of nitrogens with two attached hydrogens (primary N) is 1. The van der Waals surface area contributed by atoms with Crippen molar-refractivity contribution in [3.63, 3.8) is 0 Å². The zero-order valence-corrected chi connectivity index (χ0v) is 9.49. The highest BCUT2D eigenvalue weighted by atomic mass is 16.3. The van der Waals surface area contributed by atoms with Gasteiger partial charge in [0.15, 0.2) is 0 Å². The average Bonchev–Trinajstić information content (AvgIpc) is 2.66. The minimum Gasteiger partial charge on any atom is -0.469 e. The summed E-state index contributed by atoms with van der Waals surface area (Å²) in [5.74, 6) is 0.962. The summed E-state index contributed by atoms with van der Waals surface area (Å²) in [4.78, 5) is 0. The molecule has 1 unspecified atom stereocenters. The molecule has 0 aliphatic rings. The van der Waals surface area contributed by atoms with Crippen molar-refractivity contribution in [2.45, 2.75) is 32.2 Å². The molecule has 0 fully saturated rings. The van der Waals surface area contributed by atoms with E-state index in [-0.39, 0.29) is 5.54 Å². The van der Waals surface area contributed by atoms with Gasteiger partial charge in [-0.3, -0.25) is 0 Å². The highest BCUT2D eigenvalue weighted by Gasteiger charge is 2.18. The lowest BCUT2D eigenvalue weighted by Crippen LogP contribution is -2.36. The number of rotatable bonds is 5. The molecule has 2 N–H and O–H groups in total. The Hall–Kier alpha value is -1.28. The summed E-state index contributed by atoms with van der Waals surface area (Å²) < 4.78 is 5.25. The molecule has 2 nitrogen and oxygen atoms in total. The van der Waals surface area contributed by atoms with E-state index >= 15 is 0 Å². The Morgan fingerprint density at radius 1 is 1.67 bits per heavy atom. The Kier molecular flexibility index (Phi) is 3.92. The predicted molar refractivity (Wildman–Crippen MR) is 63.6 cm³/mol. The first-order valence-corrected chi connectivity index (χ1v) is 5.15. The number of hydrogen-bond acceptors (Lipinski definition) is 2. The second-order valence-corrected chi connectivity index (χ2v) is 4.08. The number of hydrogen-bond donors (Lipinski definition) is 1. The van der Waals surface area contributed by atoms with E-state index in [0.717, 1.165) is 18.6 Å². The Morgan fingerprint density at radius 3 is 2.93 bits per heavy atom. The van der Waals surface area contributed by atoms with Crippen LogP contribution in [0, 0.1) is 0 Å². The largest absolute Gasteiger partial charge is 0.469 e. The van der Waals surface area contributed by atoms with Crippen LogP contribution in [0.5, 0.6) is 0 Å². The van der Waals surface area contributed by atoms with Crippen LogP contribution in [0.25, 0.3) is 0 Å². The third-order valence-corrected chi connectivity index (χ3v) is 2.66. The molecule has 0 spiro atoms. The maximum atomic E-state index is 6.14. The van der Waals surface area contributed by atoms with Crippen molar-refractivity contribution in [1.29, 1.82) is 0 Å². The maximum Gasteiger partial charge on any atom is 0.107 e. The minimum absolute atomic E-state index is 0.297. The third kappa shape index (κ3) is 3.40. The number of allylic oxidation sites excluding steroid dienone is 1. The lowest BCUT2D eigenvalue weighted by Gasteiger charge is -2.24. The average molecular weight is 205 g/mol. The fraction of sp³-hybridized carbons (Fsp3) is 0.385. The molecule has 1 heterocycles. The van der Waals surface area contributed by atoms with Gasteiger partial charge in [-0.25, -0.2) is 0 Å². The Bertz CT molecular complexity index is 333. The summed E-state index contributed by atoms with van der Waals surface area (Å²) >= 11 is 0. The predicted octanol–water partition coefficient (Wildman–Crippen LogP) is 3.06. The molecular weight excluding hydrogens is 186 g/mol. The second-order valence-electron chi connectivity index (χ2n) is 4.08. The summed E-state index contributed by atoms with van der Waals surface area (Å²) in [6, 6.07) is 3.86. The van der Waals surface area contributed by atoms with Crippen LogP contribution in [0.1, 0.15) is 26.0 Å². The molecule has 82 valence electrons. The molecule has 0 aromatic carbocycles. The standard InChI is InChI=1S/C13H19NO/c1-4-9-13(3,14)11(2)7-8-12-6-5-10-15-12/h4-7,10H,1,8-9,14H2,2-3H3/b11-7-. The van der Waals surface area contributed by atoms with E-state index in [2.05, 4.69) is 12.7 Å². The molecule has 0 saturated heterocycles. The molecule has 0 bridgehead atoms. The summed E-state index contributed by atoms with van der Waals surface area (Å²) in [5.41, 5.74) is 7.01. The molecule has 1 rings (SSSR count). The van der Waals surface area contributed by atoms with Crippen LogP contribution in [0.15, 0.2) is 47.1 Å². The van der Waals surface area contributed by atoms with E-state index < -0.39 is 0 Å². The SMILES string of the molecule is C=CCC(C)(N)/C(C)=C\Cc1ccco1. The molecule has 1 aromatic heterocycles. The van der Waals surface area contributed by atoms with Gasteiger partial charge in [-0.15, -0.1) is 6.58 Å². The van der Waals surface area contributed by atoms with Gasteiger partial charge in [0, 0.05) is 12.0 Å². The fourth-order valence-electron chi connectivity index (χ4n) is 1.38. The highest BCUT2D eigenvalue weighted by molar-refractivity contribution is 5.19. The highest BCUT2D eigenvalue weighted by Crippen LogP contribution is 2.18. The van der Waals surface area contributed by atoms with E-state index in [1.165, 1.54) is 5.57 Å². The maximum absolute atomic E-state index is 6.14. The van der Waals surface area contributed by atoms with E-state index in [4.69, 9.17) is 10.2 Å². The lowest BCUT2D eigenvalue weighted by atomic mass is 9.90. The van der Waals surface area contributed by atoms with E-state index in [1.54, 1.807) is 6.26 Å². The van der Waals surface area contributed by atoms with Gasteiger partial charge in [-0.2, -0.15) is 0 Å². The minimum atomic E-state index is -0.297. The van der Waals surface area contributed by atoms with Gasteiger partial charge in [0.2, 0.25) is 0 Å². The van der Waals surface area contributed by atoms with Crippen LogP contribution in [0.2, 0.25) is 0 Å². The summed E-state index contributed by atoms with van der Waals surface area (Å²) in [5, 5.41) is 0. The zero-order valence-electron chi connectivity index (χ0n) is 9.49. The quantitative estimate of drug-likeness (QED) is 0.750. The van der Waals surface area contributed by atoms with Crippen molar-refractivity contribution in [1.82, 2.24) is 0 Å². The third-order valence-electron chi connectivity index (χ3n) is 2.66. The van der Waals surface area contributed by atoms with E-state index in [9.17, 15) is 0 Å². The molecule has 2 heteroatoms. The van der Waals surface area contributed by atoms with Gasteiger partial charge >= 0.3 is 0 Å². The lowest BCUT2D eigenvalue weighted by molar-refractivity contribution is 0.518. The normalized spacial score (nSPS) is 16.1. The van der Waals surface area contributed by atoms with Gasteiger partial charge < -0.3 is 10.2 Å². The van der Waals surface area contributed by atoms with Crippen molar-refractivity contribution in [2.24, 2.45) is 5.73 Å². The van der Waals surface area contributed by atoms with E-state index in [1.807, 2.05) is 32.1 Å². The van der Waals surface area contributed by atoms with Gasteiger partial charge in [0.05, 0.1) is 6.26 Å². The van der Waals surface area contributed by atoms with Crippen LogP contribution in [0.4, 0.5) is 0 Å². The first-order valence-electron chi connectivity index (χ1n) is 5.15. The monoisotopic (exact) mass is 205 g/mol. The fourth-order valence-corrected chi connectivity index (χ4v) is 1.38. The molecule has 15 heavy (non-hydrogen) atoms. The van der Waals surface area contributed by atoms with Crippen LogP contribution >= 0.6 is 0 Å². The van der Waals surface area contributed by atoms with Crippen LogP contribution < -0.4 is 5.73 Å². The van der Waals surface area contributed by atoms with Crippen molar-refractivity contribution in [3.8, 4) is 0 Å². The van der Waals surface area contributed by atoms with Crippen molar-refractivity contribution < 1.29 is 4.42 Å². The molecular formula is C13H19NO. The Labute approximate surface area is 91.5 Å². The van der Waals surface area contributed by atoms with Gasteiger partial charge in [0.1, 0.15) is 5.76 Å². The Balaban J connectivity index is 2.63. The summed E-state index contributed by atoms with van der Waals surface area (Å²) in [6.45, 7) is 7.78. The summed E-state index contributed by atoms with van der Waals surface area (Å²) in [6.07, 6.45) is 7.23. The van der Waals surface area contributed by atoms with Crippen LogP contribution in [-0.2, 0) is 6.42 Å². The Morgan fingerprint density at radius 2 is 2.40 bits per heavy atom. The van der Waals surface area contributed by atoms with Crippen molar-refractivity contribution >= 4 is 0 Å². The second kappa shape index (κ2) is 4.99. The zero-order chi connectivity index (χ0) is 11.3. The molecule has 0 aliphatic heterocycles.